The number of benzene rings is 1. The molecule has 0 fully saturated rings. The van der Waals surface area contributed by atoms with Gasteiger partial charge in [0, 0.05) is 30.8 Å². The number of unbranched alkanes of at least 4 members (excludes halogenated alkanes) is 4. The van der Waals surface area contributed by atoms with E-state index in [1.54, 1.807) is 18.2 Å². The number of amides is 1. The number of aromatic hydroxyl groups is 1. The van der Waals surface area contributed by atoms with Gasteiger partial charge in [0.2, 0.25) is 5.88 Å². The van der Waals surface area contributed by atoms with E-state index in [-0.39, 0.29) is 23.0 Å². The molecule has 1 heterocycles. The molecule has 0 bridgehead atoms. The number of hydrogen-bond donors (Lipinski definition) is 1. The minimum Gasteiger partial charge on any atom is -0.493 e. The van der Waals surface area contributed by atoms with Gasteiger partial charge < -0.3 is 10.0 Å². The van der Waals surface area contributed by atoms with Crippen LogP contribution in [0, 0.1) is 23.2 Å². The molecule has 1 aromatic carbocycles. The van der Waals surface area contributed by atoms with Crippen molar-refractivity contribution in [3.63, 3.8) is 0 Å². The fourth-order valence-corrected chi connectivity index (χ4v) is 5.77. The first-order valence-electron chi connectivity index (χ1n) is 17.5. The molecule has 8 heteroatoms. The van der Waals surface area contributed by atoms with E-state index in [9.17, 15) is 20.0 Å². The van der Waals surface area contributed by atoms with Crippen molar-refractivity contribution < 1.29 is 9.90 Å². The molecule has 0 aliphatic rings. The van der Waals surface area contributed by atoms with E-state index in [0.29, 0.717) is 48.0 Å². The minimum absolute atomic E-state index is 0.00102. The quantitative estimate of drug-likeness (QED) is 0.140. The largest absolute Gasteiger partial charge is 0.493 e. The first-order chi connectivity index (χ1) is 21.8. The zero-order chi connectivity index (χ0) is 33.2. The summed E-state index contributed by atoms with van der Waals surface area (Å²) in [6.45, 7) is 14.6. The second-order valence-electron chi connectivity index (χ2n) is 12.3. The maximum absolute atomic E-state index is 14.1. The Morgan fingerprint density at radius 3 is 2.04 bits per heavy atom. The molecule has 1 N–H and O–H groups in total. The highest BCUT2D eigenvalue weighted by Gasteiger charge is 2.24. The Balaban J connectivity index is 2.51. The summed E-state index contributed by atoms with van der Waals surface area (Å²) < 4.78 is 1.23. The molecule has 0 aliphatic carbocycles. The molecule has 0 spiro atoms. The smallest absolute Gasteiger partial charge is 0.281 e. The van der Waals surface area contributed by atoms with Gasteiger partial charge in [-0.1, -0.05) is 99.0 Å². The van der Waals surface area contributed by atoms with Gasteiger partial charge in [0.1, 0.15) is 11.6 Å². The topological polar surface area (TPSA) is 111 Å². The number of nitrogens with zero attached hydrogens (tertiary/aromatic N) is 5. The van der Waals surface area contributed by atoms with Crippen LogP contribution in [0.4, 0.5) is 11.4 Å². The lowest BCUT2D eigenvalue weighted by atomic mass is 9.95. The van der Waals surface area contributed by atoms with Crippen LogP contribution in [0.1, 0.15) is 140 Å². The summed E-state index contributed by atoms with van der Waals surface area (Å²) in [4.78, 5) is 29.6. The Kier molecular flexibility index (Phi) is 17.2. The second-order valence-corrected chi connectivity index (χ2v) is 12.3. The summed E-state index contributed by atoms with van der Waals surface area (Å²) in [5.41, 5.74) is 1.14. The third-order valence-corrected chi connectivity index (χ3v) is 8.83. The van der Waals surface area contributed by atoms with E-state index < -0.39 is 5.56 Å². The van der Waals surface area contributed by atoms with Crippen LogP contribution in [-0.4, -0.2) is 33.6 Å². The summed E-state index contributed by atoms with van der Waals surface area (Å²) in [6.07, 6.45) is 12.5. The molecular formula is C37H57N5O3. The van der Waals surface area contributed by atoms with Crippen molar-refractivity contribution in [2.45, 2.75) is 132 Å². The van der Waals surface area contributed by atoms with Crippen molar-refractivity contribution in [3.8, 4) is 11.9 Å². The van der Waals surface area contributed by atoms with Gasteiger partial charge in [0.25, 0.3) is 11.5 Å². The van der Waals surface area contributed by atoms with Gasteiger partial charge in [-0.2, -0.15) is 10.4 Å². The first-order valence-corrected chi connectivity index (χ1v) is 17.5. The number of rotatable bonds is 21. The number of hydrogen-bond acceptors (Lipinski definition) is 6. The average Bonchev–Trinajstić information content (AvgIpc) is 3.06. The molecule has 2 unspecified atom stereocenters. The number of aromatic nitrogens is 1. The van der Waals surface area contributed by atoms with Gasteiger partial charge in [-0.05, 0) is 62.1 Å². The standard InChI is InChI=1S/C37H57N5O3/c1-7-13-18-28(11-5)26-41(27-29(12-6)19-14-8-2)35(43)30-20-17-21-31(24-30)39-40-34-32(22-15-9-3)33(25-38)36(44)42(37(34)45)23-16-10-4/h17,20-21,24,28-29,44H,7-16,18-19,22-23,26-27H2,1-6H3. The van der Waals surface area contributed by atoms with E-state index in [1.807, 2.05) is 19.9 Å². The average molecular weight is 620 g/mol. The lowest BCUT2D eigenvalue weighted by Gasteiger charge is -2.31. The molecule has 45 heavy (non-hydrogen) atoms. The molecule has 2 aromatic rings. The van der Waals surface area contributed by atoms with E-state index in [0.717, 1.165) is 83.7 Å². The first kappa shape index (κ1) is 37.7. The van der Waals surface area contributed by atoms with E-state index in [1.165, 1.54) is 4.57 Å². The number of azo groups is 1. The fraction of sp³-hybridized carbons (Fsp3) is 0.649. The maximum atomic E-state index is 14.1. The molecule has 1 aromatic heterocycles. The van der Waals surface area contributed by atoms with Crippen LogP contribution in [0.25, 0.3) is 0 Å². The number of nitriles is 1. The summed E-state index contributed by atoms with van der Waals surface area (Å²) in [7, 11) is 0. The second kappa shape index (κ2) is 20.5. The van der Waals surface area contributed by atoms with Crippen LogP contribution in [0.3, 0.4) is 0 Å². The number of pyridine rings is 1. The molecular weight excluding hydrogens is 562 g/mol. The lowest BCUT2D eigenvalue weighted by molar-refractivity contribution is 0.0685. The minimum atomic E-state index is -0.455. The van der Waals surface area contributed by atoms with E-state index in [2.05, 4.69) is 48.9 Å². The monoisotopic (exact) mass is 619 g/mol. The van der Waals surface area contributed by atoms with Crippen LogP contribution in [0.15, 0.2) is 39.3 Å². The third-order valence-electron chi connectivity index (χ3n) is 8.83. The number of carbonyl (C=O) groups excluding carboxylic acids is 1. The lowest BCUT2D eigenvalue weighted by Crippen LogP contribution is -2.39. The third kappa shape index (κ3) is 11.1. The van der Waals surface area contributed by atoms with Crippen molar-refractivity contribution in [2.24, 2.45) is 22.1 Å². The highest BCUT2D eigenvalue weighted by Crippen LogP contribution is 2.30. The highest BCUT2D eigenvalue weighted by atomic mass is 16.3. The van der Waals surface area contributed by atoms with Crippen LogP contribution in [-0.2, 0) is 13.0 Å². The SMILES string of the molecule is CCCCc1c(C#N)c(O)n(CCCC)c(=O)c1N=Nc1cccc(C(=O)N(CC(CC)CCCC)CC(CC)CCCC)c1. The van der Waals surface area contributed by atoms with E-state index in [4.69, 9.17) is 0 Å². The van der Waals surface area contributed by atoms with Crippen LogP contribution >= 0.6 is 0 Å². The van der Waals surface area contributed by atoms with Gasteiger partial charge in [-0.25, -0.2) is 0 Å². The van der Waals surface area contributed by atoms with Gasteiger partial charge in [0.05, 0.1) is 5.69 Å². The van der Waals surface area contributed by atoms with Gasteiger partial charge in [-0.15, -0.1) is 5.11 Å². The molecule has 0 saturated heterocycles. The Hall–Kier alpha value is -3.47. The van der Waals surface area contributed by atoms with Crippen molar-refractivity contribution in [1.82, 2.24) is 9.47 Å². The van der Waals surface area contributed by atoms with Crippen molar-refractivity contribution in [3.05, 3.63) is 51.3 Å². The Morgan fingerprint density at radius 1 is 0.911 bits per heavy atom. The zero-order valence-electron chi connectivity index (χ0n) is 28.8. The fourth-order valence-electron chi connectivity index (χ4n) is 5.77. The highest BCUT2D eigenvalue weighted by molar-refractivity contribution is 5.95. The molecule has 8 nitrogen and oxygen atoms in total. The molecule has 2 atom stereocenters. The molecule has 0 radical (unpaired) electrons. The van der Waals surface area contributed by atoms with Crippen LogP contribution in [0.5, 0.6) is 5.88 Å². The number of carbonyl (C=O) groups is 1. The van der Waals surface area contributed by atoms with Crippen LogP contribution < -0.4 is 5.56 Å². The van der Waals surface area contributed by atoms with Gasteiger partial charge >= 0.3 is 0 Å². The summed E-state index contributed by atoms with van der Waals surface area (Å²) >= 11 is 0. The van der Waals surface area contributed by atoms with Crippen LogP contribution in [0.2, 0.25) is 0 Å². The molecule has 2 rings (SSSR count). The summed E-state index contributed by atoms with van der Waals surface area (Å²) in [6, 6.07) is 9.24. The molecule has 0 aliphatic heterocycles. The Morgan fingerprint density at radius 2 is 1.51 bits per heavy atom. The van der Waals surface area contributed by atoms with Crippen molar-refractivity contribution in [2.75, 3.05) is 13.1 Å². The molecule has 248 valence electrons. The zero-order valence-corrected chi connectivity index (χ0v) is 28.8. The Labute approximate surface area is 271 Å². The molecule has 1 amide bonds. The maximum Gasteiger partial charge on any atom is 0.281 e. The Bertz CT molecular complexity index is 1310. The summed E-state index contributed by atoms with van der Waals surface area (Å²) in [5.74, 6) is 0.614. The van der Waals surface area contributed by atoms with E-state index >= 15 is 0 Å². The summed E-state index contributed by atoms with van der Waals surface area (Å²) in [5, 5.41) is 29.5. The predicted octanol–water partition coefficient (Wildman–Crippen LogP) is 9.86. The van der Waals surface area contributed by atoms with Gasteiger partial charge in [0.15, 0.2) is 5.69 Å². The van der Waals surface area contributed by atoms with Crippen molar-refractivity contribution >= 4 is 17.3 Å². The molecule has 0 saturated carbocycles. The van der Waals surface area contributed by atoms with Crippen molar-refractivity contribution in [1.29, 1.82) is 5.26 Å². The van der Waals surface area contributed by atoms with Gasteiger partial charge in [-0.3, -0.25) is 14.2 Å². The predicted molar refractivity (Wildman–Crippen MR) is 184 cm³/mol. The normalized spacial score (nSPS) is 12.7.